The van der Waals surface area contributed by atoms with E-state index >= 15 is 0 Å². The van der Waals surface area contributed by atoms with Crippen molar-refractivity contribution in [3.63, 3.8) is 0 Å². The lowest BCUT2D eigenvalue weighted by Gasteiger charge is -2.33. The largest absolute Gasteiger partial charge is 0.490 e. The van der Waals surface area contributed by atoms with Crippen LogP contribution in [-0.2, 0) is 27.9 Å². The number of aromatic nitrogens is 2. The Labute approximate surface area is 350 Å². The van der Waals surface area contributed by atoms with E-state index in [9.17, 15) is 19.5 Å². The van der Waals surface area contributed by atoms with Gasteiger partial charge in [-0.15, -0.1) is 0 Å². The molecule has 1 fully saturated rings. The van der Waals surface area contributed by atoms with E-state index in [0.717, 1.165) is 82.6 Å². The minimum atomic E-state index is -1.10. The molecule has 59 heavy (non-hydrogen) atoms. The van der Waals surface area contributed by atoms with Crippen molar-refractivity contribution in [2.45, 2.75) is 91.7 Å². The first-order valence-electron chi connectivity index (χ1n) is 20.7. The quantitative estimate of drug-likeness (QED) is 0.111. The Morgan fingerprint density at radius 3 is 2.49 bits per heavy atom. The number of carboxylic acids is 1. The third-order valence-electron chi connectivity index (χ3n) is 11.6. The topological polar surface area (TPSA) is 134 Å². The third kappa shape index (κ3) is 9.60. The number of nitrogens with one attached hydrogen (secondary N) is 1. The summed E-state index contributed by atoms with van der Waals surface area (Å²) in [5.74, 6) is 0.373. The van der Waals surface area contributed by atoms with Crippen molar-refractivity contribution < 1.29 is 29.0 Å². The van der Waals surface area contributed by atoms with Crippen LogP contribution in [0.5, 0.6) is 5.75 Å². The number of hydrogen-bond donors (Lipinski definition) is 2. The summed E-state index contributed by atoms with van der Waals surface area (Å²) in [6.07, 6.45) is 4.65. The normalized spacial score (nSPS) is 15.5. The summed E-state index contributed by atoms with van der Waals surface area (Å²) in [7, 11) is 0. The van der Waals surface area contributed by atoms with Gasteiger partial charge in [-0.3, -0.25) is 19.8 Å². The fourth-order valence-corrected chi connectivity index (χ4v) is 9.23. The molecule has 11 nitrogen and oxygen atoms in total. The molecule has 2 aromatic heterocycles. The average Bonchev–Trinajstić information content (AvgIpc) is 3.62. The maximum Gasteiger partial charge on any atom is 0.355 e. The highest BCUT2D eigenvalue weighted by atomic mass is 32.1. The number of ether oxygens (including phenoxy) is 2. The number of pyridine rings is 1. The second kappa shape index (κ2) is 17.9. The number of benzene rings is 3. The van der Waals surface area contributed by atoms with Gasteiger partial charge in [0.25, 0.3) is 5.91 Å². The van der Waals surface area contributed by atoms with Gasteiger partial charge < -0.3 is 19.5 Å². The van der Waals surface area contributed by atoms with Crippen LogP contribution >= 0.6 is 11.3 Å². The van der Waals surface area contributed by atoms with Crippen molar-refractivity contribution >= 4 is 50.3 Å². The highest BCUT2D eigenvalue weighted by molar-refractivity contribution is 7.22. The van der Waals surface area contributed by atoms with Gasteiger partial charge in [-0.25, -0.2) is 14.8 Å². The number of thiazole rings is 1. The second-order valence-electron chi connectivity index (χ2n) is 16.8. The number of likely N-dealkylation sites (tertiary alicyclic amines) is 1. The van der Waals surface area contributed by atoms with Crippen LogP contribution in [0.2, 0.25) is 0 Å². The van der Waals surface area contributed by atoms with Crippen molar-refractivity contribution in [1.29, 1.82) is 0 Å². The molecule has 1 saturated heterocycles. The van der Waals surface area contributed by atoms with Crippen LogP contribution in [0.1, 0.15) is 103 Å². The molecule has 0 unspecified atom stereocenters. The Kier molecular flexibility index (Phi) is 12.7. The minimum absolute atomic E-state index is 0.0114. The van der Waals surface area contributed by atoms with Crippen LogP contribution in [0.3, 0.4) is 0 Å². The van der Waals surface area contributed by atoms with Crippen LogP contribution < -0.4 is 15.0 Å². The number of carbonyl (C=O) groups excluding carboxylic acids is 2. The molecule has 1 atom stereocenters. The van der Waals surface area contributed by atoms with Gasteiger partial charge in [0.1, 0.15) is 11.6 Å². The smallest absolute Gasteiger partial charge is 0.355 e. The molecule has 1 amide bonds. The molecule has 0 spiro atoms. The fraction of sp³-hybridized carbons (Fsp3) is 0.426. The van der Waals surface area contributed by atoms with Gasteiger partial charge in [0.05, 0.1) is 29.5 Å². The maximum absolute atomic E-state index is 13.7. The number of nitrogens with zero attached hydrogens (tertiary/aromatic N) is 4. The lowest BCUT2D eigenvalue weighted by Crippen LogP contribution is -2.38. The van der Waals surface area contributed by atoms with E-state index in [2.05, 4.69) is 53.9 Å². The maximum atomic E-state index is 13.7. The number of aromatic carboxylic acids is 1. The van der Waals surface area contributed by atoms with Gasteiger partial charge in [-0.2, -0.15) is 0 Å². The van der Waals surface area contributed by atoms with Gasteiger partial charge >= 0.3 is 11.9 Å². The Morgan fingerprint density at radius 2 is 1.76 bits per heavy atom. The average molecular weight is 818 g/mol. The first-order chi connectivity index (χ1) is 28.3. The Morgan fingerprint density at radius 1 is 1.00 bits per heavy atom. The molecule has 7 rings (SSSR count). The number of carboxylic acid groups (broad SMARTS) is 1. The van der Waals surface area contributed by atoms with Crippen molar-refractivity contribution in [1.82, 2.24) is 14.9 Å². The SMILES string of the molecule is CCOC(=O)CN1CCC(CC[C@@H](C)Oc2cccc(-c3c(C(C)(C)C)cc(N4CCc5cccc(C(=O)Nc6nc7ccccc7s6)c5C4)nc3C(=O)O)c2C)CC1. The molecule has 0 aliphatic carbocycles. The van der Waals surface area contributed by atoms with E-state index in [1.807, 2.05) is 74.5 Å². The predicted molar refractivity (Wildman–Crippen MR) is 234 cm³/mol. The molecular formula is C47H55N5O6S. The molecule has 310 valence electrons. The summed E-state index contributed by atoms with van der Waals surface area (Å²) < 4.78 is 12.7. The molecule has 4 heterocycles. The summed E-state index contributed by atoms with van der Waals surface area (Å²) >= 11 is 1.44. The number of carbonyl (C=O) groups is 3. The van der Waals surface area contributed by atoms with E-state index < -0.39 is 11.4 Å². The first kappa shape index (κ1) is 41.8. The molecule has 2 aliphatic rings. The van der Waals surface area contributed by atoms with E-state index in [4.69, 9.17) is 14.5 Å². The molecule has 2 aliphatic heterocycles. The fourth-order valence-electron chi connectivity index (χ4n) is 8.37. The molecule has 12 heteroatoms. The van der Waals surface area contributed by atoms with Crippen molar-refractivity contribution in [2.75, 3.05) is 43.0 Å². The Bertz CT molecular complexity index is 2310. The van der Waals surface area contributed by atoms with Gasteiger partial charge in [-0.05, 0) is 135 Å². The molecule has 5 aromatic rings. The zero-order valence-electron chi connectivity index (χ0n) is 35.0. The standard InChI is InChI=1S/C47H55N5O6S/c1-7-57-41(53)28-51-23-20-31(21-24-51)19-18-29(2)58-38-16-11-13-33(30(38)3)42-36(47(4,5)6)26-40(49-43(42)45(55)56)52-25-22-32-12-10-14-34(35(32)27-52)44(54)50-46-48-37-15-8-9-17-39(37)59-46/h8-17,26,29,31H,7,18-25,27-28H2,1-6H3,(H,55,56)(H,48,50,54)/t29-/m1/s1. The van der Waals surface area contributed by atoms with E-state index in [1.54, 1.807) is 0 Å². The van der Waals surface area contributed by atoms with Crippen LogP contribution in [0.15, 0.2) is 66.7 Å². The highest BCUT2D eigenvalue weighted by Gasteiger charge is 2.31. The van der Waals surface area contributed by atoms with Crippen molar-refractivity contribution in [3.05, 3.63) is 100 Å². The Balaban J connectivity index is 1.10. The van der Waals surface area contributed by atoms with Crippen LogP contribution in [0, 0.1) is 12.8 Å². The van der Waals surface area contributed by atoms with E-state index in [0.29, 0.717) is 60.7 Å². The molecule has 0 saturated carbocycles. The minimum Gasteiger partial charge on any atom is -0.490 e. The zero-order chi connectivity index (χ0) is 41.8. The van der Waals surface area contributed by atoms with Gasteiger partial charge in [0, 0.05) is 24.2 Å². The second-order valence-corrected chi connectivity index (χ2v) is 17.9. The number of amides is 1. The number of hydrogen-bond acceptors (Lipinski definition) is 10. The lowest BCUT2D eigenvalue weighted by atomic mass is 9.80. The number of esters is 1. The zero-order valence-corrected chi connectivity index (χ0v) is 35.8. The van der Waals surface area contributed by atoms with Gasteiger partial charge in [-0.1, -0.05) is 68.5 Å². The number of rotatable bonds is 13. The van der Waals surface area contributed by atoms with E-state index in [1.165, 1.54) is 11.3 Å². The van der Waals surface area contributed by atoms with Crippen molar-refractivity contribution in [2.24, 2.45) is 5.92 Å². The summed E-state index contributed by atoms with van der Waals surface area (Å²) in [4.78, 5) is 52.6. The monoisotopic (exact) mass is 817 g/mol. The van der Waals surface area contributed by atoms with Crippen LogP contribution in [0.25, 0.3) is 21.3 Å². The third-order valence-corrected chi connectivity index (χ3v) is 12.6. The molecule has 2 N–H and O–H groups in total. The highest BCUT2D eigenvalue weighted by Crippen LogP contribution is 2.42. The van der Waals surface area contributed by atoms with Gasteiger partial charge in [0.2, 0.25) is 0 Å². The summed E-state index contributed by atoms with van der Waals surface area (Å²) in [5, 5.41) is 14.4. The molecule has 3 aromatic carbocycles. The van der Waals surface area contributed by atoms with Gasteiger partial charge in [0.15, 0.2) is 10.8 Å². The number of anilines is 2. The number of fused-ring (bicyclic) bond motifs is 2. The summed E-state index contributed by atoms with van der Waals surface area (Å²) in [6.45, 7) is 15.8. The number of para-hydroxylation sites is 1. The van der Waals surface area contributed by atoms with Crippen LogP contribution in [0.4, 0.5) is 10.9 Å². The molecule has 0 radical (unpaired) electrons. The first-order valence-corrected chi connectivity index (χ1v) is 21.6. The van der Waals surface area contributed by atoms with Crippen LogP contribution in [-0.4, -0.2) is 76.7 Å². The number of piperidine rings is 1. The summed E-state index contributed by atoms with van der Waals surface area (Å²) in [6, 6.07) is 21.5. The summed E-state index contributed by atoms with van der Waals surface area (Å²) in [5.41, 5.74) is 6.04. The lowest BCUT2D eigenvalue weighted by molar-refractivity contribution is -0.144. The Hall–Kier alpha value is -5.33. The molecular weight excluding hydrogens is 763 g/mol. The predicted octanol–water partition coefficient (Wildman–Crippen LogP) is 9.30. The van der Waals surface area contributed by atoms with E-state index in [-0.39, 0.29) is 23.7 Å². The van der Waals surface area contributed by atoms with Crippen molar-refractivity contribution in [3.8, 4) is 16.9 Å². The molecule has 0 bridgehead atoms.